The van der Waals surface area contributed by atoms with E-state index in [1.54, 1.807) is 11.8 Å². The van der Waals surface area contributed by atoms with E-state index in [0.717, 1.165) is 32.9 Å². The van der Waals surface area contributed by atoms with E-state index in [2.05, 4.69) is 0 Å². The summed E-state index contributed by atoms with van der Waals surface area (Å²) in [6.07, 6.45) is 2.03. The second-order valence-electron chi connectivity index (χ2n) is 6.46. The number of rotatable bonds is 6. The molecule has 1 heterocycles. The molecule has 0 radical (unpaired) electrons. The fraction of sp³-hybridized carbons (Fsp3) is 0.125. The highest BCUT2D eigenvalue weighted by atomic mass is 32.2. The predicted molar refractivity (Wildman–Crippen MR) is 113 cm³/mol. The van der Waals surface area contributed by atoms with Gasteiger partial charge in [-0.1, -0.05) is 54.6 Å². The predicted octanol–water partition coefficient (Wildman–Crippen LogP) is 5.46. The Balaban J connectivity index is 1.56. The second-order valence-corrected chi connectivity index (χ2v) is 7.34. The molecule has 0 atom stereocenters. The quantitative estimate of drug-likeness (QED) is 0.415. The molecule has 4 rings (SSSR count). The third kappa shape index (κ3) is 3.97. The Kier molecular flexibility index (Phi) is 5.49. The van der Waals surface area contributed by atoms with Crippen LogP contribution in [0.25, 0.3) is 11.1 Å². The maximum Gasteiger partial charge on any atom is 0.339 e. The van der Waals surface area contributed by atoms with Crippen LogP contribution in [-0.4, -0.2) is 18.8 Å². The fourth-order valence-corrected chi connectivity index (χ4v) is 3.58. The summed E-state index contributed by atoms with van der Waals surface area (Å²) < 4.78 is 11.2. The summed E-state index contributed by atoms with van der Waals surface area (Å²) >= 11 is 1.68. The van der Waals surface area contributed by atoms with Gasteiger partial charge < -0.3 is 9.47 Å². The Bertz CT molecular complexity index is 990. The van der Waals surface area contributed by atoms with Crippen molar-refractivity contribution in [2.24, 2.45) is 0 Å². The average Bonchev–Trinajstić information content (AvgIpc) is 3.15. The molecule has 0 spiro atoms. The van der Waals surface area contributed by atoms with Gasteiger partial charge in [-0.15, -0.1) is 11.8 Å². The SMILES string of the molecule is CSc1ccc(C2=C(c3ccc(OCc4ccccc4)cc3)COC2=O)cc1. The number of carbonyl (C=O) groups excluding carboxylic acids is 1. The number of hydrogen-bond donors (Lipinski definition) is 0. The van der Waals surface area contributed by atoms with Crippen molar-refractivity contribution in [2.75, 3.05) is 12.9 Å². The molecule has 3 aromatic carbocycles. The lowest BCUT2D eigenvalue weighted by molar-refractivity contribution is -0.133. The Morgan fingerprint density at radius 3 is 2.25 bits per heavy atom. The third-order valence-corrected chi connectivity index (χ3v) is 5.43. The minimum absolute atomic E-state index is 0.267. The van der Waals surface area contributed by atoms with Crippen molar-refractivity contribution in [3.05, 3.63) is 95.6 Å². The van der Waals surface area contributed by atoms with Crippen molar-refractivity contribution in [2.45, 2.75) is 11.5 Å². The topological polar surface area (TPSA) is 35.5 Å². The highest BCUT2D eigenvalue weighted by Gasteiger charge is 2.27. The van der Waals surface area contributed by atoms with E-state index in [4.69, 9.17) is 9.47 Å². The molecule has 1 aliphatic rings. The lowest BCUT2D eigenvalue weighted by Crippen LogP contribution is -1.98. The molecule has 28 heavy (non-hydrogen) atoms. The summed E-state index contributed by atoms with van der Waals surface area (Å²) in [7, 11) is 0. The van der Waals surface area contributed by atoms with E-state index in [-0.39, 0.29) is 5.97 Å². The minimum Gasteiger partial charge on any atom is -0.489 e. The molecular weight excluding hydrogens is 368 g/mol. The van der Waals surface area contributed by atoms with Crippen LogP contribution in [0.4, 0.5) is 0 Å². The first-order valence-corrected chi connectivity index (χ1v) is 10.3. The number of cyclic esters (lactones) is 1. The Hall–Kier alpha value is -2.98. The van der Waals surface area contributed by atoms with Crippen LogP contribution in [-0.2, 0) is 16.1 Å². The van der Waals surface area contributed by atoms with E-state index in [9.17, 15) is 4.79 Å². The fourth-order valence-electron chi connectivity index (χ4n) is 3.18. The Morgan fingerprint density at radius 2 is 1.57 bits per heavy atom. The third-order valence-electron chi connectivity index (χ3n) is 4.68. The summed E-state index contributed by atoms with van der Waals surface area (Å²) in [5.74, 6) is 0.528. The summed E-state index contributed by atoms with van der Waals surface area (Å²) in [5.41, 5.74) is 4.55. The molecule has 3 nitrogen and oxygen atoms in total. The van der Waals surface area contributed by atoms with Crippen molar-refractivity contribution >= 4 is 28.9 Å². The van der Waals surface area contributed by atoms with Gasteiger partial charge >= 0.3 is 5.97 Å². The zero-order valence-electron chi connectivity index (χ0n) is 15.6. The van der Waals surface area contributed by atoms with Gasteiger partial charge in [0.2, 0.25) is 0 Å². The van der Waals surface area contributed by atoms with Gasteiger partial charge in [-0.25, -0.2) is 4.79 Å². The number of benzene rings is 3. The smallest absolute Gasteiger partial charge is 0.339 e. The van der Waals surface area contributed by atoms with Gasteiger partial charge in [0.05, 0.1) is 5.57 Å². The number of hydrogen-bond acceptors (Lipinski definition) is 4. The number of carbonyl (C=O) groups is 1. The maximum absolute atomic E-state index is 12.3. The van der Waals surface area contributed by atoms with Crippen LogP contribution in [0.2, 0.25) is 0 Å². The summed E-state index contributed by atoms with van der Waals surface area (Å²) in [6.45, 7) is 0.820. The lowest BCUT2D eigenvalue weighted by Gasteiger charge is -2.09. The minimum atomic E-state index is -0.267. The first kappa shape index (κ1) is 18.4. The monoisotopic (exact) mass is 388 g/mol. The first-order valence-electron chi connectivity index (χ1n) is 9.06. The Labute approximate surface area is 169 Å². The maximum atomic E-state index is 12.3. The van der Waals surface area contributed by atoms with Gasteiger partial charge in [-0.3, -0.25) is 0 Å². The van der Waals surface area contributed by atoms with Gasteiger partial charge in [0, 0.05) is 10.5 Å². The summed E-state index contributed by atoms with van der Waals surface area (Å²) in [6, 6.07) is 25.9. The van der Waals surface area contributed by atoms with Gasteiger partial charge in [-0.05, 0) is 47.2 Å². The first-order chi connectivity index (χ1) is 13.7. The van der Waals surface area contributed by atoms with Crippen LogP contribution in [0.5, 0.6) is 5.75 Å². The second kappa shape index (κ2) is 8.36. The number of esters is 1. The lowest BCUT2D eigenvalue weighted by atomic mass is 9.97. The highest BCUT2D eigenvalue weighted by molar-refractivity contribution is 7.98. The number of ether oxygens (including phenoxy) is 2. The van der Waals surface area contributed by atoms with Crippen molar-refractivity contribution in [3.63, 3.8) is 0 Å². The van der Waals surface area contributed by atoms with Gasteiger partial charge in [0.25, 0.3) is 0 Å². The molecule has 0 fully saturated rings. The van der Waals surface area contributed by atoms with Crippen LogP contribution in [0.3, 0.4) is 0 Å². The highest BCUT2D eigenvalue weighted by Crippen LogP contribution is 2.34. The van der Waals surface area contributed by atoms with Crippen molar-refractivity contribution in [3.8, 4) is 5.75 Å². The zero-order chi connectivity index (χ0) is 19.3. The molecule has 0 amide bonds. The van der Waals surface area contributed by atoms with E-state index in [1.165, 1.54) is 0 Å². The van der Waals surface area contributed by atoms with Crippen LogP contribution in [0.15, 0.2) is 83.8 Å². The molecule has 1 aliphatic heterocycles. The molecule has 0 saturated carbocycles. The molecule has 140 valence electrons. The van der Waals surface area contributed by atoms with Crippen LogP contribution in [0.1, 0.15) is 16.7 Å². The molecule has 3 aromatic rings. The summed E-state index contributed by atoms with van der Waals surface area (Å²) in [4.78, 5) is 13.5. The van der Waals surface area contributed by atoms with Crippen LogP contribution < -0.4 is 4.74 Å². The van der Waals surface area contributed by atoms with Gasteiger partial charge in [0.1, 0.15) is 19.0 Å². The number of thioether (sulfide) groups is 1. The van der Waals surface area contributed by atoms with Crippen molar-refractivity contribution in [1.82, 2.24) is 0 Å². The molecule has 0 aliphatic carbocycles. The van der Waals surface area contributed by atoms with Crippen LogP contribution >= 0.6 is 11.8 Å². The Morgan fingerprint density at radius 1 is 0.893 bits per heavy atom. The van der Waals surface area contributed by atoms with Gasteiger partial charge in [-0.2, -0.15) is 0 Å². The van der Waals surface area contributed by atoms with E-state index >= 15 is 0 Å². The van der Waals surface area contributed by atoms with Crippen molar-refractivity contribution in [1.29, 1.82) is 0 Å². The molecule has 4 heteroatoms. The zero-order valence-corrected chi connectivity index (χ0v) is 16.4. The molecule has 0 N–H and O–H groups in total. The van der Waals surface area contributed by atoms with E-state index < -0.39 is 0 Å². The summed E-state index contributed by atoms with van der Waals surface area (Å²) in [5, 5.41) is 0. The van der Waals surface area contributed by atoms with E-state index in [0.29, 0.717) is 18.8 Å². The molecule has 0 aromatic heterocycles. The normalized spacial score (nSPS) is 13.5. The van der Waals surface area contributed by atoms with E-state index in [1.807, 2.05) is 85.1 Å². The average molecular weight is 388 g/mol. The standard InChI is InChI=1S/C24H20O3S/c1-28-21-13-9-19(10-14-21)23-22(16-27-24(23)25)18-7-11-20(12-8-18)26-15-17-5-3-2-4-6-17/h2-14H,15-16H2,1H3. The largest absolute Gasteiger partial charge is 0.489 e. The molecule has 0 saturated heterocycles. The van der Waals surface area contributed by atoms with Crippen molar-refractivity contribution < 1.29 is 14.3 Å². The molecule has 0 bridgehead atoms. The molecular formula is C24H20O3S. The molecule has 0 unspecified atom stereocenters. The van der Waals surface area contributed by atoms with Gasteiger partial charge in [0.15, 0.2) is 0 Å². The van der Waals surface area contributed by atoms with Crippen LogP contribution in [0, 0.1) is 0 Å².